The summed E-state index contributed by atoms with van der Waals surface area (Å²) >= 11 is 1.65. The Morgan fingerprint density at radius 2 is 2.32 bits per heavy atom. The summed E-state index contributed by atoms with van der Waals surface area (Å²) in [5.74, 6) is -0.100. The second-order valence-electron chi connectivity index (χ2n) is 5.83. The number of thiophene rings is 1. The molecule has 0 unspecified atom stereocenters. The van der Waals surface area contributed by atoms with Gasteiger partial charge in [-0.3, -0.25) is 9.89 Å². The van der Waals surface area contributed by atoms with Crippen molar-refractivity contribution in [3.63, 3.8) is 0 Å². The van der Waals surface area contributed by atoms with Crippen LogP contribution in [0.15, 0.2) is 16.8 Å². The van der Waals surface area contributed by atoms with Crippen molar-refractivity contribution in [2.75, 3.05) is 13.2 Å². The lowest BCUT2D eigenvalue weighted by Crippen LogP contribution is -2.32. The molecular weight excluding hydrogens is 298 g/mol. The van der Waals surface area contributed by atoms with E-state index in [0.717, 1.165) is 43.4 Å². The first-order chi connectivity index (χ1) is 10.8. The van der Waals surface area contributed by atoms with Gasteiger partial charge in [-0.1, -0.05) is 0 Å². The molecule has 5 nitrogen and oxygen atoms in total. The molecule has 2 aromatic rings. The van der Waals surface area contributed by atoms with Crippen molar-refractivity contribution in [3.05, 3.63) is 39.3 Å². The van der Waals surface area contributed by atoms with E-state index in [1.807, 2.05) is 5.38 Å². The van der Waals surface area contributed by atoms with Crippen LogP contribution in [0.3, 0.4) is 0 Å². The molecule has 0 saturated carbocycles. The number of fused-ring (bicyclic) bond motifs is 1. The molecule has 0 saturated heterocycles. The molecule has 1 atom stereocenters. The fourth-order valence-electron chi connectivity index (χ4n) is 2.93. The number of nitrogens with one attached hydrogen (secondary N) is 2. The van der Waals surface area contributed by atoms with Crippen LogP contribution in [-0.4, -0.2) is 34.4 Å². The highest BCUT2D eigenvalue weighted by Crippen LogP contribution is 2.22. The van der Waals surface area contributed by atoms with Crippen molar-refractivity contribution >= 4 is 17.2 Å². The number of aromatic nitrogens is 2. The Morgan fingerprint density at radius 1 is 1.45 bits per heavy atom. The molecule has 0 fully saturated rings. The predicted molar refractivity (Wildman–Crippen MR) is 86.2 cm³/mol. The number of amides is 1. The van der Waals surface area contributed by atoms with Gasteiger partial charge in [0.25, 0.3) is 5.91 Å². The number of aryl methyl sites for hydroxylation is 1. The molecule has 22 heavy (non-hydrogen) atoms. The summed E-state index contributed by atoms with van der Waals surface area (Å²) in [6.45, 7) is 0.529. The van der Waals surface area contributed by atoms with E-state index in [1.54, 1.807) is 11.3 Å². The number of H-pyrrole nitrogens is 1. The molecule has 1 aliphatic carbocycles. The van der Waals surface area contributed by atoms with Crippen LogP contribution in [0.2, 0.25) is 0 Å². The van der Waals surface area contributed by atoms with Crippen LogP contribution >= 0.6 is 11.3 Å². The number of rotatable bonds is 6. The van der Waals surface area contributed by atoms with Crippen LogP contribution in [-0.2, 0) is 19.3 Å². The molecule has 0 bridgehead atoms. The summed E-state index contributed by atoms with van der Waals surface area (Å²) in [5, 5.41) is 23.7. The van der Waals surface area contributed by atoms with Gasteiger partial charge in [-0.15, -0.1) is 0 Å². The first-order valence-electron chi connectivity index (χ1n) is 7.74. The lowest BCUT2D eigenvalue weighted by molar-refractivity contribution is 0.0934. The largest absolute Gasteiger partial charge is 0.396 e. The maximum atomic E-state index is 12.3. The summed E-state index contributed by atoms with van der Waals surface area (Å²) in [4.78, 5) is 12.3. The molecule has 1 aliphatic rings. The summed E-state index contributed by atoms with van der Waals surface area (Å²) in [5.41, 5.74) is 3.91. The number of hydrogen-bond donors (Lipinski definition) is 3. The van der Waals surface area contributed by atoms with E-state index in [2.05, 4.69) is 27.0 Å². The molecule has 3 N–H and O–H groups in total. The van der Waals surface area contributed by atoms with Crippen molar-refractivity contribution < 1.29 is 9.90 Å². The minimum absolute atomic E-state index is 0.0355. The maximum absolute atomic E-state index is 12.3. The Labute approximate surface area is 133 Å². The molecule has 0 aliphatic heterocycles. The molecular formula is C16H21N3O2S. The highest BCUT2D eigenvalue weighted by Gasteiger charge is 2.22. The van der Waals surface area contributed by atoms with Gasteiger partial charge in [0.15, 0.2) is 5.69 Å². The lowest BCUT2D eigenvalue weighted by atomic mass is 9.95. The van der Waals surface area contributed by atoms with Crippen molar-refractivity contribution in [2.24, 2.45) is 5.92 Å². The maximum Gasteiger partial charge on any atom is 0.272 e. The van der Waals surface area contributed by atoms with Gasteiger partial charge in [0.05, 0.1) is 0 Å². The van der Waals surface area contributed by atoms with E-state index in [4.69, 9.17) is 0 Å². The van der Waals surface area contributed by atoms with Crippen LogP contribution < -0.4 is 5.32 Å². The van der Waals surface area contributed by atoms with Gasteiger partial charge in [0.1, 0.15) is 0 Å². The molecule has 6 heteroatoms. The SMILES string of the molecule is O=C(NC[C@@H](CO)Cc1ccsc1)c1n[nH]c2c1CCCC2. The van der Waals surface area contributed by atoms with Crippen LogP contribution in [0.4, 0.5) is 0 Å². The van der Waals surface area contributed by atoms with E-state index in [1.165, 1.54) is 5.56 Å². The summed E-state index contributed by atoms with van der Waals surface area (Å²) in [6, 6.07) is 2.05. The zero-order chi connectivity index (χ0) is 15.4. The van der Waals surface area contributed by atoms with Crippen LogP contribution in [0.1, 0.15) is 40.2 Å². The van der Waals surface area contributed by atoms with Crippen molar-refractivity contribution in [1.29, 1.82) is 0 Å². The van der Waals surface area contributed by atoms with Gasteiger partial charge in [0, 0.05) is 30.3 Å². The van der Waals surface area contributed by atoms with Crippen LogP contribution in [0.25, 0.3) is 0 Å². The molecule has 2 heterocycles. The van der Waals surface area contributed by atoms with E-state index >= 15 is 0 Å². The van der Waals surface area contributed by atoms with Gasteiger partial charge < -0.3 is 10.4 Å². The minimum Gasteiger partial charge on any atom is -0.396 e. The molecule has 0 aromatic carbocycles. The fraction of sp³-hybridized carbons (Fsp3) is 0.500. The monoisotopic (exact) mass is 319 g/mol. The second-order valence-corrected chi connectivity index (χ2v) is 6.61. The third kappa shape index (κ3) is 3.39. The van der Waals surface area contributed by atoms with Gasteiger partial charge >= 0.3 is 0 Å². The topological polar surface area (TPSA) is 78.0 Å². The Kier molecular flexibility index (Phi) is 4.90. The van der Waals surface area contributed by atoms with Gasteiger partial charge in [-0.2, -0.15) is 16.4 Å². The van der Waals surface area contributed by atoms with E-state index in [-0.39, 0.29) is 18.4 Å². The van der Waals surface area contributed by atoms with Gasteiger partial charge in [-0.25, -0.2) is 0 Å². The molecule has 0 radical (unpaired) electrons. The summed E-state index contributed by atoms with van der Waals surface area (Å²) < 4.78 is 0. The predicted octanol–water partition coefficient (Wildman–Crippen LogP) is 1.93. The quantitative estimate of drug-likeness (QED) is 0.761. The standard InChI is InChI=1S/C16H21N3O2S/c20-9-12(7-11-5-6-22-10-11)8-17-16(21)15-13-3-1-2-4-14(13)18-19-15/h5-6,10,12,20H,1-4,7-9H2,(H,17,21)(H,18,19)/t12-/m0/s1. The number of carbonyl (C=O) groups excluding carboxylic acids is 1. The Morgan fingerprint density at radius 3 is 3.09 bits per heavy atom. The number of nitrogens with zero attached hydrogens (tertiary/aromatic N) is 1. The average molecular weight is 319 g/mol. The van der Waals surface area contributed by atoms with E-state index in [0.29, 0.717) is 12.2 Å². The van der Waals surface area contributed by atoms with Crippen LogP contribution in [0, 0.1) is 5.92 Å². The number of carbonyl (C=O) groups is 1. The zero-order valence-electron chi connectivity index (χ0n) is 12.5. The second kappa shape index (κ2) is 7.07. The van der Waals surface area contributed by atoms with E-state index < -0.39 is 0 Å². The highest BCUT2D eigenvalue weighted by molar-refractivity contribution is 7.07. The van der Waals surface area contributed by atoms with Crippen molar-refractivity contribution in [1.82, 2.24) is 15.5 Å². The first kappa shape index (κ1) is 15.2. The van der Waals surface area contributed by atoms with E-state index in [9.17, 15) is 9.90 Å². The zero-order valence-corrected chi connectivity index (χ0v) is 13.3. The molecule has 118 valence electrons. The lowest BCUT2D eigenvalue weighted by Gasteiger charge is -2.15. The molecule has 3 rings (SSSR count). The van der Waals surface area contributed by atoms with Crippen LogP contribution in [0.5, 0.6) is 0 Å². The van der Waals surface area contributed by atoms with Gasteiger partial charge in [0.2, 0.25) is 0 Å². The molecule has 2 aromatic heterocycles. The number of aliphatic hydroxyl groups is 1. The number of hydrogen-bond acceptors (Lipinski definition) is 4. The van der Waals surface area contributed by atoms with Crippen molar-refractivity contribution in [3.8, 4) is 0 Å². The number of aromatic amines is 1. The summed E-state index contributed by atoms with van der Waals surface area (Å²) in [6.07, 6.45) is 4.95. The average Bonchev–Trinajstić information content (AvgIpc) is 3.20. The highest BCUT2D eigenvalue weighted by atomic mass is 32.1. The third-order valence-electron chi connectivity index (χ3n) is 4.19. The first-order valence-corrected chi connectivity index (χ1v) is 8.68. The Bertz CT molecular complexity index is 621. The fourth-order valence-corrected chi connectivity index (χ4v) is 3.61. The molecule has 1 amide bonds. The Hall–Kier alpha value is -1.66. The molecule has 0 spiro atoms. The Balaban J connectivity index is 1.58. The van der Waals surface area contributed by atoms with Gasteiger partial charge in [-0.05, 0) is 54.5 Å². The normalized spacial score (nSPS) is 15.3. The summed E-state index contributed by atoms with van der Waals surface area (Å²) in [7, 11) is 0. The van der Waals surface area contributed by atoms with Crippen molar-refractivity contribution in [2.45, 2.75) is 32.1 Å². The smallest absolute Gasteiger partial charge is 0.272 e. The third-order valence-corrected chi connectivity index (χ3v) is 4.92. The minimum atomic E-state index is -0.136. The number of aliphatic hydroxyl groups excluding tert-OH is 1.